The topological polar surface area (TPSA) is 6.48 Å². The molecule has 0 atom stereocenters. The normalized spacial score (nSPS) is 10.5. The maximum Gasteiger partial charge on any atom is 0.0109 e. The van der Waals surface area contributed by atoms with Gasteiger partial charge < -0.3 is 9.80 Å². The largest absolute Gasteiger partial charge is 0.305 e. The minimum atomic E-state index is 1.14. The van der Waals surface area contributed by atoms with Gasteiger partial charge in [-0.05, 0) is 38.7 Å². The number of benzene rings is 1. The molecule has 0 radical (unpaired) electrons. The van der Waals surface area contributed by atoms with E-state index < -0.39 is 0 Å². The summed E-state index contributed by atoms with van der Waals surface area (Å²) in [5, 5.41) is 0. The Morgan fingerprint density at radius 1 is 0.789 bits per heavy atom. The molecule has 2 heteroatoms. The zero-order valence-electron chi connectivity index (χ0n) is 13.5. The maximum atomic E-state index is 2.45. The first kappa shape index (κ1) is 18.1. The van der Waals surface area contributed by atoms with Crippen molar-refractivity contribution in [2.75, 3.05) is 39.8 Å². The molecule has 0 N–H and O–H groups in total. The zero-order chi connectivity index (χ0) is 14.5. The lowest BCUT2D eigenvalue weighted by atomic mass is 10.2. The van der Waals surface area contributed by atoms with E-state index in [1.807, 2.05) is 6.07 Å². The zero-order valence-corrected chi connectivity index (χ0v) is 13.5. The van der Waals surface area contributed by atoms with Crippen molar-refractivity contribution in [2.45, 2.75) is 34.1 Å². The fraction of sp³-hybridized carbons (Fsp3) is 0.647. The van der Waals surface area contributed by atoms with Crippen LogP contribution in [0.25, 0.3) is 0 Å². The molecule has 110 valence electrons. The van der Waals surface area contributed by atoms with Gasteiger partial charge in [0.05, 0.1) is 0 Å². The molecule has 0 amide bonds. The van der Waals surface area contributed by atoms with Crippen molar-refractivity contribution in [3.63, 3.8) is 0 Å². The Morgan fingerprint density at radius 2 is 1.37 bits per heavy atom. The lowest BCUT2D eigenvalue weighted by molar-refractivity contribution is 0.246. The number of aryl methyl sites for hydroxylation is 1. The summed E-state index contributed by atoms with van der Waals surface area (Å²) in [5.41, 5.74) is 1.41. The Labute approximate surface area is 120 Å². The third kappa shape index (κ3) is 9.69. The van der Waals surface area contributed by atoms with E-state index in [2.05, 4.69) is 68.8 Å². The SMILES string of the molecule is CCN(C)CCN(CC)CC.CCc1ccccc1. The average molecular weight is 264 g/mol. The molecule has 0 heterocycles. The Bertz CT molecular complexity index is 281. The third-order valence-electron chi connectivity index (χ3n) is 3.48. The van der Waals surface area contributed by atoms with Gasteiger partial charge in [-0.25, -0.2) is 0 Å². The van der Waals surface area contributed by atoms with Crippen LogP contribution in [0.1, 0.15) is 33.3 Å². The molecular formula is C17H32N2. The van der Waals surface area contributed by atoms with Gasteiger partial charge in [0, 0.05) is 13.1 Å². The van der Waals surface area contributed by atoms with Gasteiger partial charge in [0.1, 0.15) is 0 Å². The Hall–Kier alpha value is -0.860. The van der Waals surface area contributed by atoms with E-state index in [-0.39, 0.29) is 0 Å². The van der Waals surface area contributed by atoms with Crippen LogP contribution in [0.15, 0.2) is 30.3 Å². The highest BCUT2D eigenvalue weighted by atomic mass is 15.2. The standard InChI is InChI=1S/C9H22N2.C8H10/c1-5-10(4)8-9-11(6-2)7-3;1-2-8-6-4-3-5-7-8/h5-9H2,1-4H3;3-7H,2H2,1H3. The molecule has 0 aromatic heterocycles. The summed E-state index contributed by atoms with van der Waals surface area (Å²) < 4.78 is 0. The van der Waals surface area contributed by atoms with Gasteiger partial charge in [0.25, 0.3) is 0 Å². The van der Waals surface area contributed by atoms with Crippen LogP contribution >= 0.6 is 0 Å². The van der Waals surface area contributed by atoms with Crippen LogP contribution in [0, 0.1) is 0 Å². The molecule has 0 unspecified atom stereocenters. The van der Waals surface area contributed by atoms with E-state index in [9.17, 15) is 0 Å². The van der Waals surface area contributed by atoms with Crippen LogP contribution in [-0.4, -0.2) is 49.6 Å². The van der Waals surface area contributed by atoms with Crippen LogP contribution in [0.5, 0.6) is 0 Å². The van der Waals surface area contributed by atoms with Crippen LogP contribution in [0.3, 0.4) is 0 Å². The molecule has 2 nitrogen and oxygen atoms in total. The first-order chi connectivity index (χ1) is 9.17. The summed E-state index contributed by atoms with van der Waals surface area (Å²) in [7, 11) is 2.17. The summed E-state index contributed by atoms with van der Waals surface area (Å²) in [6.07, 6.45) is 1.14. The number of hydrogen-bond acceptors (Lipinski definition) is 2. The van der Waals surface area contributed by atoms with E-state index in [1.54, 1.807) is 0 Å². The molecule has 19 heavy (non-hydrogen) atoms. The molecule has 0 fully saturated rings. The minimum Gasteiger partial charge on any atom is -0.305 e. The van der Waals surface area contributed by atoms with Gasteiger partial charge in [0.2, 0.25) is 0 Å². The molecule has 0 aliphatic carbocycles. The quantitative estimate of drug-likeness (QED) is 0.743. The summed E-state index contributed by atoms with van der Waals surface area (Å²) in [5.74, 6) is 0. The molecule has 1 aromatic carbocycles. The lowest BCUT2D eigenvalue weighted by Crippen LogP contribution is -2.32. The van der Waals surface area contributed by atoms with Gasteiger partial charge in [0.15, 0.2) is 0 Å². The lowest BCUT2D eigenvalue weighted by Gasteiger charge is -2.21. The van der Waals surface area contributed by atoms with Gasteiger partial charge in [-0.15, -0.1) is 0 Å². The van der Waals surface area contributed by atoms with E-state index >= 15 is 0 Å². The van der Waals surface area contributed by atoms with Crippen molar-refractivity contribution >= 4 is 0 Å². The molecule has 0 aliphatic heterocycles. The van der Waals surface area contributed by atoms with Crippen molar-refractivity contribution in [3.05, 3.63) is 35.9 Å². The van der Waals surface area contributed by atoms with E-state index in [4.69, 9.17) is 0 Å². The Morgan fingerprint density at radius 3 is 1.74 bits per heavy atom. The number of rotatable bonds is 7. The van der Waals surface area contributed by atoms with E-state index in [1.165, 1.54) is 31.7 Å². The minimum absolute atomic E-state index is 1.14. The average Bonchev–Trinajstić information content (AvgIpc) is 2.49. The number of hydrogen-bond donors (Lipinski definition) is 0. The molecule has 0 bridgehead atoms. The first-order valence-corrected chi connectivity index (χ1v) is 7.62. The highest BCUT2D eigenvalue weighted by Crippen LogP contribution is 1.96. The summed E-state index contributed by atoms with van der Waals surface area (Å²) in [4.78, 5) is 4.80. The molecule has 0 saturated carbocycles. The smallest absolute Gasteiger partial charge is 0.0109 e. The van der Waals surface area contributed by atoms with Gasteiger partial charge in [-0.3, -0.25) is 0 Å². The molecule has 0 spiro atoms. The first-order valence-electron chi connectivity index (χ1n) is 7.62. The second-order valence-electron chi connectivity index (χ2n) is 4.76. The molecule has 0 aliphatic rings. The fourth-order valence-electron chi connectivity index (χ4n) is 1.72. The van der Waals surface area contributed by atoms with Crippen molar-refractivity contribution in [1.82, 2.24) is 9.80 Å². The van der Waals surface area contributed by atoms with E-state index in [0.717, 1.165) is 13.0 Å². The number of nitrogens with zero attached hydrogens (tertiary/aromatic N) is 2. The van der Waals surface area contributed by atoms with Crippen molar-refractivity contribution in [3.8, 4) is 0 Å². The predicted molar refractivity (Wildman–Crippen MR) is 86.8 cm³/mol. The van der Waals surface area contributed by atoms with Gasteiger partial charge in [-0.2, -0.15) is 0 Å². The van der Waals surface area contributed by atoms with Gasteiger partial charge >= 0.3 is 0 Å². The van der Waals surface area contributed by atoms with Crippen LogP contribution < -0.4 is 0 Å². The molecule has 1 aromatic rings. The highest BCUT2D eigenvalue weighted by molar-refractivity contribution is 5.13. The van der Waals surface area contributed by atoms with Crippen LogP contribution in [0.2, 0.25) is 0 Å². The molecule has 0 saturated heterocycles. The van der Waals surface area contributed by atoms with Crippen molar-refractivity contribution in [1.29, 1.82) is 0 Å². The molecular weight excluding hydrogens is 232 g/mol. The maximum absolute atomic E-state index is 2.45. The summed E-state index contributed by atoms with van der Waals surface area (Å²) in [6.45, 7) is 14.7. The van der Waals surface area contributed by atoms with E-state index in [0.29, 0.717) is 0 Å². The fourth-order valence-corrected chi connectivity index (χ4v) is 1.72. The summed E-state index contributed by atoms with van der Waals surface area (Å²) in [6, 6.07) is 10.5. The second kappa shape index (κ2) is 12.2. The van der Waals surface area contributed by atoms with Crippen LogP contribution in [0.4, 0.5) is 0 Å². The van der Waals surface area contributed by atoms with Gasteiger partial charge in [-0.1, -0.05) is 58.0 Å². The van der Waals surface area contributed by atoms with Crippen molar-refractivity contribution < 1.29 is 0 Å². The third-order valence-corrected chi connectivity index (χ3v) is 3.48. The number of likely N-dealkylation sites (N-methyl/N-ethyl adjacent to an activating group) is 2. The highest BCUT2D eigenvalue weighted by Gasteiger charge is 1.99. The predicted octanol–water partition coefficient (Wildman–Crippen LogP) is 3.53. The van der Waals surface area contributed by atoms with Crippen LogP contribution in [-0.2, 0) is 6.42 Å². The summed E-state index contributed by atoms with van der Waals surface area (Å²) >= 11 is 0. The Kier molecular flexibility index (Phi) is 11.6. The monoisotopic (exact) mass is 264 g/mol. The second-order valence-corrected chi connectivity index (χ2v) is 4.76. The molecule has 1 rings (SSSR count). The Balaban J connectivity index is 0.000000356. The van der Waals surface area contributed by atoms with Crippen molar-refractivity contribution in [2.24, 2.45) is 0 Å².